The number of methoxy groups -OCH3 is 2. The van der Waals surface area contributed by atoms with Crippen molar-refractivity contribution in [1.82, 2.24) is 10.2 Å². The van der Waals surface area contributed by atoms with Crippen molar-refractivity contribution < 1.29 is 23.8 Å². The molecule has 3 aromatic rings. The second-order valence-corrected chi connectivity index (χ2v) is 5.51. The predicted octanol–water partition coefficient (Wildman–Crippen LogP) is 1.98. The molecule has 0 bridgehead atoms. The molecule has 2 aromatic carbocycles. The maximum atomic E-state index is 12.4. The number of rotatable bonds is 6. The summed E-state index contributed by atoms with van der Waals surface area (Å²) in [5.74, 6) is -0.424. The third kappa shape index (κ3) is 3.64. The molecule has 1 aromatic heterocycles. The van der Waals surface area contributed by atoms with Crippen molar-refractivity contribution in [2.24, 2.45) is 0 Å². The van der Waals surface area contributed by atoms with Gasteiger partial charge in [0.15, 0.2) is 12.3 Å². The Morgan fingerprint density at radius 3 is 2.48 bits per heavy atom. The van der Waals surface area contributed by atoms with Crippen molar-refractivity contribution in [3.8, 4) is 11.5 Å². The molecule has 138 valence electrons. The van der Waals surface area contributed by atoms with Gasteiger partial charge in [-0.2, -0.15) is 5.10 Å². The molecule has 0 saturated heterocycles. The number of Topliss-reactive ketones (excluding diaryl/α,β-unsaturated/α-hetero) is 1. The highest BCUT2D eigenvalue weighted by Gasteiger charge is 2.19. The van der Waals surface area contributed by atoms with Crippen molar-refractivity contribution >= 4 is 22.5 Å². The largest absolute Gasteiger partial charge is 0.497 e. The first-order chi connectivity index (χ1) is 13.0. The van der Waals surface area contributed by atoms with E-state index in [1.165, 1.54) is 20.3 Å². The fourth-order valence-corrected chi connectivity index (χ4v) is 2.58. The lowest BCUT2D eigenvalue weighted by Gasteiger charge is -2.10. The zero-order chi connectivity index (χ0) is 19.4. The lowest BCUT2D eigenvalue weighted by molar-refractivity contribution is 0.0469. The van der Waals surface area contributed by atoms with Gasteiger partial charge in [-0.15, -0.1) is 0 Å². The minimum absolute atomic E-state index is 0.0697. The van der Waals surface area contributed by atoms with Crippen LogP contribution in [0.5, 0.6) is 11.5 Å². The molecule has 0 aliphatic heterocycles. The van der Waals surface area contributed by atoms with Crippen LogP contribution in [0.1, 0.15) is 20.8 Å². The molecule has 0 unspecified atom stereocenters. The van der Waals surface area contributed by atoms with Crippen LogP contribution in [0.2, 0.25) is 0 Å². The maximum absolute atomic E-state index is 12.4. The molecule has 0 aliphatic carbocycles. The van der Waals surface area contributed by atoms with Crippen LogP contribution >= 0.6 is 0 Å². The molecule has 0 atom stereocenters. The Morgan fingerprint density at radius 1 is 1.04 bits per heavy atom. The van der Waals surface area contributed by atoms with E-state index in [9.17, 15) is 14.4 Å². The van der Waals surface area contributed by atoms with E-state index < -0.39 is 23.9 Å². The number of H-pyrrole nitrogens is 1. The molecule has 3 rings (SSSR count). The van der Waals surface area contributed by atoms with E-state index in [0.717, 1.165) is 0 Å². The summed E-state index contributed by atoms with van der Waals surface area (Å²) in [5.41, 5.74) is -0.230. The van der Waals surface area contributed by atoms with Crippen LogP contribution in [0.15, 0.2) is 47.3 Å². The monoisotopic (exact) mass is 368 g/mol. The van der Waals surface area contributed by atoms with Gasteiger partial charge in [0.25, 0.3) is 5.56 Å². The van der Waals surface area contributed by atoms with Gasteiger partial charge in [-0.25, -0.2) is 9.89 Å². The first-order valence-electron chi connectivity index (χ1n) is 7.95. The number of benzene rings is 2. The van der Waals surface area contributed by atoms with E-state index in [-0.39, 0.29) is 11.3 Å². The summed E-state index contributed by atoms with van der Waals surface area (Å²) in [7, 11) is 2.92. The van der Waals surface area contributed by atoms with Crippen LogP contribution in [-0.2, 0) is 4.74 Å². The van der Waals surface area contributed by atoms with Crippen LogP contribution < -0.4 is 15.0 Å². The van der Waals surface area contributed by atoms with Crippen molar-refractivity contribution in [2.45, 2.75) is 0 Å². The van der Waals surface area contributed by atoms with E-state index in [0.29, 0.717) is 22.3 Å². The molecule has 0 aliphatic rings. The number of ketones is 1. The summed E-state index contributed by atoms with van der Waals surface area (Å²) in [6.45, 7) is -0.503. The Bertz CT molecular complexity index is 1070. The topological polar surface area (TPSA) is 108 Å². The first kappa shape index (κ1) is 18.1. The Morgan fingerprint density at radius 2 is 1.78 bits per heavy atom. The molecule has 1 N–H and O–H groups in total. The maximum Gasteiger partial charge on any atom is 0.359 e. The highest BCUT2D eigenvalue weighted by Crippen LogP contribution is 2.25. The molecule has 0 spiro atoms. The summed E-state index contributed by atoms with van der Waals surface area (Å²) < 4.78 is 15.4. The van der Waals surface area contributed by atoms with Crippen LogP contribution in [0.4, 0.5) is 0 Å². The summed E-state index contributed by atoms with van der Waals surface area (Å²) >= 11 is 0. The van der Waals surface area contributed by atoms with Crippen molar-refractivity contribution in [1.29, 1.82) is 0 Å². The van der Waals surface area contributed by atoms with E-state index in [2.05, 4.69) is 10.2 Å². The predicted molar refractivity (Wildman–Crippen MR) is 96.5 cm³/mol. The smallest absolute Gasteiger partial charge is 0.359 e. The fourth-order valence-electron chi connectivity index (χ4n) is 2.58. The third-order valence-corrected chi connectivity index (χ3v) is 3.93. The van der Waals surface area contributed by atoms with Gasteiger partial charge in [-0.05, 0) is 18.2 Å². The standard InChI is InChI=1S/C19H16N2O6/c1-25-11-7-8-14(16(9-11)26-2)15(22)10-27-19(24)17-12-5-3-4-6-13(12)18(23)21-20-17/h3-9H,10H2,1-2H3,(H,21,23). The lowest BCUT2D eigenvalue weighted by atomic mass is 10.1. The molecular weight excluding hydrogens is 352 g/mol. The van der Waals surface area contributed by atoms with Gasteiger partial charge >= 0.3 is 5.97 Å². The van der Waals surface area contributed by atoms with Crippen molar-refractivity contribution in [3.05, 3.63) is 64.1 Å². The molecule has 1 heterocycles. The number of fused-ring (bicyclic) bond motifs is 1. The third-order valence-electron chi connectivity index (χ3n) is 3.93. The van der Waals surface area contributed by atoms with Gasteiger partial charge in [-0.3, -0.25) is 9.59 Å². The number of nitrogens with zero attached hydrogens (tertiary/aromatic N) is 1. The summed E-state index contributed by atoms with van der Waals surface area (Å²) in [6, 6.07) is 11.2. The normalized spacial score (nSPS) is 10.4. The lowest BCUT2D eigenvalue weighted by Crippen LogP contribution is -2.19. The Kier molecular flexibility index (Phi) is 5.16. The molecule has 27 heavy (non-hydrogen) atoms. The molecule has 0 radical (unpaired) electrons. The van der Waals surface area contributed by atoms with Gasteiger partial charge in [0, 0.05) is 11.5 Å². The van der Waals surface area contributed by atoms with Gasteiger partial charge in [0.2, 0.25) is 5.78 Å². The van der Waals surface area contributed by atoms with E-state index in [1.54, 1.807) is 36.4 Å². The summed E-state index contributed by atoms with van der Waals surface area (Å²) in [5, 5.41) is 6.65. The molecular formula is C19H16N2O6. The van der Waals surface area contributed by atoms with E-state index in [4.69, 9.17) is 14.2 Å². The zero-order valence-corrected chi connectivity index (χ0v) is 14.6. The summed E-state index contributed by atoms with van der Waals surface area (Å²) in [4.78, 5) is 36.5. The van der Waals surface area contributed by atoms with Crippen LogP contribution in [0.25, 0.3) is 10.8 Å². The van der Waals surface area contributed by atoms with Gasteiger partial charge in [0.05, 0.1) is 25.2 Å². The van der Waals surface area contributed by atoms with Crippen molar-refractivity contribution in [2.75, 3.05) is 20.8 Å². The molecule has 8 heteroatoms. The van der Waals surface area contributed by atoms with Gasteiger partial charge in [0.1, 0.15) is 11.5 Å². The average molecular weight is 368 g/mol. The van der Waals surface area contributed by atoms with Crippen LogP contribution in [-0.4, -0.2) is 42.8 Å². The van der Waals surface area contributed by atoms with Crippen LogP contribution in [0.3, 0.4) is 0 Å². The highest BCUT2D eigenvalue weighted by molar-refractivity contribution is 6.04. The minimum atomic E-state index is -0.816. The zero-order valence-electron chi connectivity index (χ0n) is 14.6. The summed E-state index contributed by atoms with van der Waals surface area (Å²) in [6.07, 6.45) is 0. The van der Waals surface area contributed by atoms with Gasteiger partial charge in [-0.1, -0.05) is 18.2 Å². The number of esters is 1. The first-order valence-corrected chi connectivity index (χ1v) is 7.95. The van der Waals surface area contributed by atoms with Crippen LogP contribution in [0, 0.1) is 0 Å². The second kappa shape index (κ2) is 7.69. The SMILES string of the molecule is COc1ccc(C(=O)COC(=O)c2n[nH]c(=O)c3ccccc23)c(OC)c1. The number of aromatic amines is 1. The Labute approximate surface area is 153 Å². The Hall–Kier alpha value is -3.68. The highest BCUT2D eigenvalue weighted by atomic mass is 16.5. The number of carbonyl (C=O) groups excluding carboxylic acids is 2. The molecule has 0 saturated carbocycles. The van der Waals surface area contributed by atoms with E-state index >= 15 is 0 Å². The number of carbonyl (C=O) groups is 2. The van der Waals surface area contributed by atoms with Gasteiger partial charge < -0.3 is 14.2 Å². The minimum Gasteiger partial charge on any atom is -0.497 e. The van der Waals surface area contributed by atoms with Crippen molar-refractivity contribution in [3.63, 3.8) is 0 Å². The number of hydrogen-bond acceptors (Lipinski definition) is 7. The Balaban J connectivity index is 1.80. The number of ether oxygens (including phenoxy) is 3. The number of aromatic nitrogens is 2. The fraction of sp³-hybridized carbons (Fsp3) is 0.158. The molecule has 8 nitrogen and oxygen atoms in total. The quantitative estimate of drug-likeness (QED) is 0.523. The number of nitrogens with one attached hydrogen (secondary N) is 1. The molecule has 0 amide bonds. The number of hydrogen-bond donors (Lipinski definition) is 1. The average Bonchev–Trinajstić information content (AvgIpc) is 2.71. The molecule has 0 fully saturated rings. The second-order valence-electron chi connectivity index (χ2n) is 5.51. The van der Waals surface area contributed by atoms with E-state index in [1.807, 2.05) is 0 Å².